The van der Waals surface area contributed by atoms with Gasteiger partial charge in [-0.3, -0.25) is 14.2 Å². The van der Waals surface area contributed by atoms with Crippen molar-refractivity contribution in [2.24, 2.45) is 0 Å². The highest BCUT2D eigenvalue weighted by molar-refractivity contribution is 7.07. The maximum absolute atomic E-state index is 11.8. The van der Waals surface area contributed by atoms with Crippen LogP contribution >= 0.6 is 11.3 Å². The van der Waals surface area contributed by atoms with Gasteiger partial charge in [-0.2, -0.15) is 0 Å². The molecule has 2 rings (SSSR count). The highest BCUT2D eigenvalue weighted by atomic mass is 32.1. The van der Waals surface area contributed by atoms with Gasteiger partial charge in [-0.05, 0) is 19.8 Å². The molecule has 0 aliphatic carbocycles. The van der Waals surface area contributed by atoms with Crippen molar-refractivity contribution in [3.05, 3.63) is 20.7 Å². The average molecular weight is 226 g/mol. The Balaban J connectivity index is 2.08. The molecule has 0 spiro atoms. The number of likely N-dealkylation sites (tertiary alicyclic amines) is 1. The maximum Gasteiger partial charge on any atom is 0.307 e. The van der Waals surface area contributed by atoms with E-state index in [-0.39, 0.29) is 17.3 Å². The third-order valence-corrected chi connectivity index (χ3v) is 3.61. The molecule has 0 unspecified atom stereocenters. The smallest absolute Gasteiger partial charge is 0.307 e. The minimum absolute atomic E-state index is 0.0416. The van der Waals surface area contributed by atoms with Gasteiger partial charge in [-0.15, -0.1) is 0 Å². The molecule has 1 fully saturated rings. The molecule has 0 aromatic carbocycles. The van der Waals surface area contributed by atoms with Gasteiger partial charge in [0.05, 0.1) is 0 Å². The topological polar surface area (TPSA) is 42.3 Å². The van der Waals surface area contributed by atoms with Gasteiger partial charge < -0.3 is 4.90 Å². The number of rotatable bonds is 2. The van der Waals surface area contributed by atoms with Crippen LogP contribution in [0, 0.1) is 6.92 Å². The van der Waals surface area contributed by atoms with Crippen molar-refractivity contribution < 1.29 is 4.79 Å². The Bertz CT molecular complexity index is 415. The summed E-state index contributed by atoms with van der Waals surface area (Å²) in [5.74, 6) is 0.0658. The number of carbonyl (C=O) groups is 1. The average Bonchev–Trinajstić information content (AvgIpc) is 2.82. The number of hydrogen-bond donors (Lipinski definition) is 0. The van der Waals surface area contributed by atoms with Crippen LogP contribution in [0.15, 0.2) is 10.2 Å². The number of thiazole rings is 1. The molecule has 0 saturated carbocycles. The molecule has 15 heavy (non-hydrogen) atoms. The Morgan fingerprint density at radius 3 is 2.67 bits per heavy atom. The summed E-state index contributed by atoms with van der Waals surface area (Å²) >= 11 is 1.15. The first kappa shape index (κ1) is 10.4. The Morgan fingerprint density at radius 1 is 1.47 bits per heavy atom. The van der Waals surface area contributed by atoms with E-state index >= 15 is 0 Å². The van der Waals surface area contributed by atoms with Gasteiger partial charge in [0.2, 0.25) is 5.91 Å². The van der Waals surface area contributed by atoms with Crippen LogP contribution in [0.25, 0.3) is 0 Å². The van der Waals surface area contributed by atoms with E-state index in [0.717, 1.165) is 43.0 Å². The molecule has 0 atom stereocenters. The lowest BCUT2D eigenvalue weighted by atomic mass is 10.4. The Hall–Kier alpha value is -1.10. The molecule has 1 aromatic rings. The molecule has 2 heterocycles. The molecule has 1 aliphatic heterocycles. The van der Waals surface area contributed by atoms with Crippen molar-refractivity contribution >= 4 is 17.2 Å². The largest absolute Gasteiger partial charge is 0.341 e. The standard InChI is InChI=1S/C10H14N2O2S/c1-8-7-15-10(14)12(8)6-9(13)11-4-2-3-5-11/h7H,2-6H2,1H3. The number of nitrogens with zero attached hydrogens (tertiary/aromatic N) is 2. The number of aryl methyl sites for hydroxylation is 1. The lowest BCUT2D eigenvalue weighted by Crippen LogP contribution is -2.33. The summed E-state index contributed by atoms with van der Waals surface area (Å²) in [6.07, 6.45) is 2.17. The van der Waals surface area contributed by atoms with E-state index in [1.807, 2.05) is 11.8 Å². The Kier molecular flexibility index (Phi) is 2.90. The number of amides is 1. The minimum Gasteiger partial charge on any atom is -0.341 e. The van der Waals surface area contributed by atoms with E-state index in [1.54, 1.807) is 9.95 Å². The molecular formula is C10H14N2O2S. The Labute approximate surface area is 92.1 Å². The summed E-state index contributed by atoms with van der Waals surface area (Å²) in [5, 5.41) is 1.79. The van der Waals surface area contributed by atoms with Crippen molar-refractivity contribution in [3.8, 4) is 0 Å². The predicted octanol–water partition coefficient (Wildman–Crippen LogP) is 0.841. The number of carbonyl (C=O) groups excluding carboxylic acids is 1. The first-order valence-electron chi connectivity index (χ1n) is 5.11. The highest BCUT2D eigenvalue weighted by Gasteiger charge is 2.19. The normalized spacial score (nSPS) is 15.9. The van der Waals surface area contributed by atoms with Crippen LogP contribution in [0.5, 0.6) is 0 Å². The fourth-order valence-corrected chi connectivity index (χ4v) is 2.53. The monoisotopic (exact) mass is 226 g/mol. The van der Waals surface area contributed by atoms with Crippen LogP contribution in [0.1, 0.15) is 18.5 Å². The second-order valence-electron chi connectivity index (χ2n) is 3.82. The first-order valence-corrected chi connectivity index (χ1v) is 5.99. The van der Waals surface area contributed by atoms with Crippen LogP contribution in [0.4, 0.5) is 0 Å². The van der Waals surface area contributed by atoms with E-state index in [9.17, 15) is 9.59 Å². The molecule has 0 bridgehead atoms. The predicted molar refractivity (Wildman–Crippen MR) is 59.1 cm³/mol. The molecule has 82 valence electrons. The van der Waals surface area contributed by atoms with Gasteiger partial charge in [0, 0.05) is 24.2 Å². The van der Waals surface area contributed by atoms with E-state index < -0.39 is 0 Å². The zero-order valence-corrected chi connectivity index (χ0v) is 9.55. The van der Waals surface area contributed by atoms with Gasteiger partial charge in [0.15, 0.2) is 0 Å². The highest BCUT2D eigenvalue weighted by Crippen LogP contribution is 2.09. The van der Waals surface area contributed by atoms with Crippen LogP contribution < -0.4 is 4.87 Å². The summed E-state index contributed by atoms with van der Waals surface area (Å²) < 4.78 is 1.55. The summed E-state index contributed by atoms with van der Waals surface area (Å²) in [6.45, 7) is 3.75. The molecular weight excluding hydrogens is 212 g/mol. The van der Waals surface area contributed by atoms with Gasteiger partial charge in [-0.1, -0.05) is 11.3 Å². The van der Waals surface area contributed by atoms with Gasteiger partial charge in [-0.25, -0.2) is 0 Å². The molecule has 0 radical (unpaired) electrons. The number of hydrogen-bond acceptors (Lipinski definition) is 3. The van der Waals surface area contributed by atoms with Crippen LogP contribution in [0.2, 0.25) is 0 Å². The lowest BCUT2D eigenvalue weighted by Gasteiger charge is -2.15. The van der Waals surface area contributed by atoms with Crippen LogP contribution in [-0.2, 0) is 11.3 Å². The molecule has 4 nitrogen and oxygen atoms in total. The lowest BCUT2D eigenvalue weighted by molar-refractivity contribution is -0.130. The van der Waals surface area contributed by atoms with Crippen molar-refractivity contribution in [1.29, 1.82) is 0 Å². The fraction of sp³-hybridized carbons (Fsp3) is 0.600. The van der Waals surface area contributed by atoms with Gasteiger partial charge in [0.1, 0.15) is 6.54 Å². The summed E-state index contributed by atoms with van der Waals surface area (Å²) in [4.78, 5) is 25.0. The SMILES string of the molecule is Cc1csc(=O)n1CC(=O)N1CCCC1. The summed E-state index contributed by atoms with van der Waals surface area (Å²) in [5.41, 5.74) is 0.873. The second kappa shape index (κ2) is 4.18. The fourth-order valence-electron chi connectivity index (χ4n) is 1.80. The van der Waals surface area contributed by atoms with E-state index in [0.29, 0.717) is 0 Å². The Morgan fingerprint density at radius 2 is 2.13 bits per heavy atom. The van der Waals surface area contributed by atoms with E-state index in [2.05, 4.69) is 0 Å². The first-order chi connectivity index (χ1) is 7.18. The molecule has 1 aromatic heterocycles. The van der Waals surface area contributed by atoms with Crippen molar-refractivity contribution in [2.75, 3.05) is 13.1 Å². The van der Waals surface area contributed by atoms with Crippen molar-refractivity contribution in [3.63, 3.8) is 0 Å². The third kappa shape index (κ3) is 2.12. The minimum atomic E-state index is -0.0416. The summed E-state index contributed by atoms with van der Waals surface area (Å²) in [6, 6.07) is 0. The second-order valence-corrected chi connectivity index (χ2v) is 4.64. The molecule has 1 saturated heterocycles. The molecule has 0 N–H and O–H groups in total. The molecule has 5 heteroatoms. The van der Waals surface area contributed by atoms with E-state index in [4.69, 9.17) is 0 Å². The quantitative estimate of drug-likeness (QED) is 0.750. The zero-order chi connectivity index (χ0) is 10.8. The van der Waals surface area contributed by atoms with Crippen LogP contribution in [-0.4, -0.2) is 28.5 Å². The zero-order valence-electron chi connectivity index (χ0n) is 8.73. The van der Waals surface area contributed by atoms with Crippen molar-refractivity contribution in [2.45, 2.75) is 26.3 Å². The van der Waals surface area contributed by atoms with Crippen LogP contribution in [0.3, 0.4) is 0 Å². The van der Waals surface area contributed by atoms with Gasteiger partial charge >= 0.3 is 4.87 Å². The number of aromatic nitrogens is 1. The van der Waals surface area contributed by atoms with Crippen molar-refractivity contribution in [1.82, 2.24) is 9.47 Å². The molecule has 1 aliphatic rings. The third-order valence-electron chi connectivity index (χ3n) is 2.73. The van der Waals surface area contributed by atoms with E-state index in [1.165, 1.54) is 0 Å². The molecule has 1 amide bonds. The summed E-state index contributed by atoms with van der Waals surface area (Å²) in [7, 11) is 0. The van der Waals surface area contributed by atoms with Gasteiger partial charge in [0.25, 0.3) is 0 Å². The maximum atomic E-state index is 11.8.